The second-order valence-electron chi connectivity index (χ2n) is 8.35. The van der Waals surface area contributed by atoms with Crippen LogP contribution in [-0.2, 0) is 9.09 Å². The molecule has 0 atom stereocenters. The van der Waals surface area contributed by atoms with Gasteiger partial charge in [-0.05, 0) is 6.42 Å². The molecule has 0 heterocycles. The Morgan fingerprint density at radius 1 is 0.500 bits per heavy atom. The summed E-state index contributed by atoms with van der Waals surface area (Å²) in [7, 11) is -4.76. The van der Waals surface area contributed by atoms with Gasteiger partial charge in [0.1, 0.15) is 0 Å². The molecule has 0 bridgehead atoms. The summed E-state index contributed by atoms with van der Waals surface area (Å²) < 4.78 is 14.5. The Hall–Kier alpha value is 2.11. The van der Waals surface area contributed by atoms with Gasteiger partial charge in [0.15, 0.2) is 0 Å². The largest absolute Gasteiger partial charge is 1.00 e. The predicted octanol–water partition coefficient (Wildman–Crippen LogP) is 1.05. The predicted molar refractivity (Wildman–Crippen MR) is 116 cm³/mol. The van der Waals surface area contributed by atoms with E-state index in [-0.39, 0.29) is 65.7 Å². The zero-order chi connectivity index (χ0) is 20.8. The van der Waals surface area contributed by atoms with Gasteiger partial charge < -0.3 is 18.9 Å². The van der Waals surface area contributed by atoms with E-state index in [1.54, 1.807) is 0 Å². The topological polar surface area (TPSA) is 72.4 Å². The first-order chi connectivity index (χ1) is 13.6. The zero-order valence-electron chi connectivity index (χ0n) is 20.6. The third-order valence-electron chi connectivity index (χ3n) is 5.50. The fourth-order valence-electron chi connectivity index (χ4n) is 3.71. The summed E-state index contributed by atoms with van der Waals surface area (Å²) in [5.41, 5.74) is 0. The van der Waals surface area contributed by atoms with Gasteiger partial charge in [-0.25, -0.2) is 0 Å². The minimum atomic E-state index is -4.76. The summed E-state index contributed by atoms with van der Waals surface area (Å²) in [6.07, 6.45) is 27.7. The Bertz CT molecular complexity index is 354. The van der Waals surface area contributed by atoms with Crippen LogP contribution < -0.4 is 68.9 Å². The maximum Gasteiger partial charge on any atom is 1.00 e. The van der Waals surface area contributed by atoms with Crippen molar-refractivity contribution in [3.8, 4) is 0 Å². The zero-order valence-corrected chi connectivity index (χ0v) is 25.5. The van der Waals surface area contributed by atoms with Crippen molar-refractivity contribution in [2.24, 2.45) is 0 Å². The average molecular weight is 465 g/mol. The summed E-state index contributed by atoms with van der Waals surface area (Å²) in [6.45, 7) is 2.32. The molecule has 0 radical (unpaired) electrons. The van der Waals surface area contributed by atoms with Crippen molar-refractivity contribution in [1.29, 1.82) is 0 Å². The first-order valence-electron chi connectivity index (χ1n) is 12.2. The molecule has 0 unspecified atom stereocenters. The van der Waals surface area contributed by atoms with Crippen LogP contribution >= 0.6 is 7.82 Å². The molecule has 0 aliphatic heterocycles. The van der Waals surface area contributed by atoms with E-state index in [4.69, 9.17) is 0 Å². The van der Waals surface area contributed by atoms with Gasteiger partial charge in [0, 0.05) is 0 Å². The van der Waals surface area contributed by atoms with Crippen LogP contribution in [0.25, 0.3) is 0 Å². The van der Waals surface area contributed by atoms with Crippen molar-refractivity contribution < 1.29 is 78.0 Å². The van der Waals surface area contributed by atoms with Gasteiger partial charge in [-0.2, -0.15) is 0 Å². The molecule has 30 heavy (non-hydrogen) atoms. The number of unbranched alkanes of at least 4 members (excludes halogenated alkanes) is 20. The van der Waals surface area contributed by atoms with E-state index < -0.39 is 7.82 Å². The molecule has 0 rings (SSSR count). The van der Waals surface area contributed by atoms with Gasteiger partial charge in [-0.3, -0.25) is 0 Å². The van der Waals surface area contributed by atoms with Crippen molar-refractivity contribution in [3.63, 3.8) is 0 Å². The molecule has 0 aromatic heterocycles. The molecule has 0 saturated carbocycles. The summed E-state index contributed by atoms with van der Waals surface area (Å²) in [5, 5.41) is 0. The van der Waals surface area contributed by atoms with Gasteiger partial charge in [0.05, 0.1) is 14.4 Å². The van der Waals surface area contributed by atoms with Crippen LogP contribution in [0.4, 0.5) is 0 Å². The van der Waals surface area contributed by atoms with Crippen LogP contribution in [0.15, 0.2) is 0 Å². The summed E-state index contributed by atoms with van der Waals surface area (Å²) in [5.74, 6) is 0. The summed E-state index contributed by atoms with van der Waals surface area (Å²) in [6, 6.07) is 0. The van der Waals surface area contributed by atoms with Crippen LogP contribution in [0.2, 0.25) is 0 Å². The molecule has 0 aromatic rings. The van der Waals surface area contributed by atoms with E-state index in [0.717, 1.165) is 12.8 Å². The molecule has 0 aliphatic carbocycles. The van der Waals surface area contributed by atoms with Gasteiger partial charge in [-0.1, -0.05) is 135 Å². The van der Waals surface area contributed by atoms with Crippen molar-refractivity contribution in [2.75, 3.05) is 6.61 Å². The van der Waals surface area contributed by atoms with Crippen molar-refractivity contribution >= 4 is 7.82 Å². The maximum atomic E-state index is 10.3. The SMILES string of the molecule is CCCCCCCCCCCCCCCCCCCCCCCOP(=O)([O-])[O-].[Na+].[Na+]. The Balaban J connectivity index is -0.00000364. The number of hydrogen-bond donors (Lipinski definition) is 0. The average Bonchev–Trinajstić information content (AvgIpc) is 2.65. The molecular formula is C23H47Na2O4P. The number of hydrogen-bond acceptors (Lipinski definition) is 4. The third kappa shape index (κ3) is 34.7. The summed E-state index contributed by atoms with van der Waals surface area (Å²) >= 11 is 0. The Kier molecular flexibility index (Phi) is 35.6. The molecule has 0 N–H and O–H groups in total. The fourth-order valence-corrected chi connectivity index (χ4v) is 4.06. The maximum absolute atomic E-state index is 10.3. The number of phosphoric acid groups is 1. The molecule has 0 aliphatic rings. The standard InChI is InChI=1S/C23H49O4P.2Na/c1-2-3-4-5-6-7-8-9-10-11-12-13-14-15-16-17-18-19-20-21-22-23-27-28(24,25)26;;/h2-23H2,1H3,(H2,24,25,26);;/q;2*+1/p-2. The molecule has 4 nitrogen and oxygen atoms in total. The van der Waals surface area contributed by atoms with Crippen LogP contribution in [0, 0.1) is 0 Å². The molecule has 7 heteroatoms. The Labute approximate surface area is 232 Å². The van der Waals surface area contributed by atoms with Crippen molar-refractivity contribution in [2.45, 2.75) is 142 Å². The second kappa shape index (κ2) is 29.1. The molecule has 0 spiro atoms. The van der Waals surface area contributed by atoms with Crippen molar-refractivity contribution in [3.05, 3.63) is 0 Å². The van der Waals surface area contributed by atoms with Crippen LogP contribution in [0.5, 0.6) is 0 Å². The van der Waals surface area contributed by atoms with Gasteiger partial charge >= 0.3 is 59.1 Å². The quantitative estimate of drug-likeness (QED) is 0.129. The smallest absolute Gasteiger partial charge is 0.790 e. The van der Waals surface area contributed by atoms with Crippen molar-refractivity contribution in [1.82, 2.24) is 0 Å². The molecule has 170 valence electrons. The summed E-state index contributed by atoms with van der Waals surface area (Å²) in [4.78, 5) is 20.6. The van der Waals surface area contributed by atoms with E-state index in [0.29, 0.717) is 6.42 Å². The van der Waals surface area contributed by atoms with Crippen LogP contribution in [-0.4, -0.2) is 6.61 Å². The Morgan fingerprint density at radius 3 is 0.967 bits per heavy atom. The first-order valence-corrected chi connectivity index (χ1v) is 13.7. The van der Waals surface area contributed by atoms with Crippen LogP contribution in [0.1, 0.15) is 142 Å². The molecule has 0 saturated heterocycles. The molecule has 0 amide bonds. The van der Waals surface area contributed by atoms with E-state index in [1.165, 1.54) is 116 Å². The first kappa shape index (κ1) is 36.7. The number of rotatable bonds is 23. The van der Waals surface area contributed by atoms with Gasteiger partial charge in [-0.15, -0.1) is 0 Å². The normalized spacial score (nSPS) is 11.2. The van der Waals surface area contributed by atoms with Gasteiger partial charge in [0.25, 0.3) is 0 Å². The monoisotopic (exact) mass is 464 g/mol. The van der Waals surface area contributed by atoms with Gasteiger partial charge in [0.2, 0.25) is 0 Å². The third-order valence-corrected chi connectivity index (χ3v) is 6.00. The van der Waals surface area contributed by atoms with E-state index >= 15 is 0 Å². The van der Waals surface area contributed by atoms with E-state index in [1.807, 2.05) is 0 Å². The minimum absolute atomic E-state index is 0. The van der Waals surface area contributed by atoms with Crippen LogP contribution in [0.3, 0.4) is 0 Å². The fraction of sp³-hybridized carbons (Fsp3) is 1.00. The Morgan fingerprint density at radius 2 is 0.733 bits per heavy atom. The van der Waals surface area contributed by atoms with E-state index in [2.05, 4.69) is 11.4 Å². The molecule has 0 aromatic carbocycles. The van der Waals surface area contributed by atoms with E-state index in [9.17, 15) is 14.4 Å². The second-order valence-corrected chi connectivity index (χ2v) is 9.50. The number of phosphoric ester groups is 1. The molecule has 0 fully saturated rings. The molecular weight excluding hydrogens is 417 g/mol. The minimum Gasteiger partial charge on any atom is -0.790 e.